The Balaban J connectivity index is 2.85. The molecule has 0 spiro atoms. The molecule has 0 bridgehead atoms. The smallest absolute Gasteiger partial charge is 0.300 e. The van der Waals surface area contributed by atoms with Crippen molar-refractivity contribution in [2.24, 2.45) is 0 Å². The zero-order valence-corrected chi connectivity index (χ0v) is 10.7. The molecular weight excluding hydrogens is 244 g/mol. The lowest BCUT2D eigenvalue weighted by Gasteiger charge is -2.05. The maximum absolute atomic E-state index is 11.4. The van der Waals surface area contributed by atoms with Crippen molar-refractivity contribution >= 4 is 9.84 Å². The molecule has 0 unspecified atom stereocenters. The fourth-order valence-corrected chi connectivity index (χ4v) is 2.12. The Hall–Kier alpha value is -1.37. The first-order valence-electron chi connectivity index (χ1n) is 5.34. The van der Waals surface area contributed by atoms with Gasteiger partial charge in [-0.25, -0.2) is 13.2 Å². The lowest BCUT2D eigenvalue weighted by molar-refractivity contribution is 0.584. The number of hydrogen-bond donors (Lipinski definition) is 1. The lowest BCUT2D eigenvalue weighted by atomic mass is 10.2. The summed E-state index contributed by atoms with van der Waals surface area (Å²) in [5.74, 6) is 0.0278. The maximum atomic E-state index is 11.4. The minimum absolute atomic E-state index is 0.0278. The van der Waals surface area contributed by atoms with Crippen LogP contribution in [0.15, 0.2) is 15.8 Å². The second kappa shape index (κ2) is 5.31. The quantitative estimate of drug-likeness (QED) is 0.775. The molecule has 1 heterocycles. The monoisotopic (exact) mass is 260 g/mol. The largest absolute Gasteiger partial charge is 0.328 e. The van der Waals surface area contributed by atoms with Crippen LogP contribution in [0.4, 0.5) is 0 Å². The van der Waals surface area contributed by atoms with Crippen LogP contribution in [0.3, 0.4) is 0 Å². The first-order valence-corrected chi connectivity index (χ1v) is 7.40. The molecule has 6 nitrogen and oxygen atoms in total. The van der Waals surface area contributed by atoms with Crippen molar-refractivity contribution < 1.29 is 8.42 Å². The zero-order chi connectivity index (χ0) is 13.1. The van der Waals surface area contributed by atoms with Gasteiger partial charge in [0.15, 0.2) is 0 Å². The standard InChI is InChI=1S/C10H16N2O4S/c1-3-8-7-12(10(14)11-9(8)13)5-4-6-17(2,15)16/h7H,3-6H2,1-2H3,(H,11,13,14). The minimum Gasteiger partial charge on any atom is -0.300 e. The van der Waals surface area contributed by atoms with Gasteiger partial charge in [-0.3, -0.25) is 9.78 Å². The Bertz CT molecular complexity index is 597. The number of H-pyrrole nitrogens is 1. The van der Waals surface area contributed by atoms with Gasteiger partial charge in [-0.1, -0.05) is 6.92 Å². The van der Waals surface area contributed by atoms with E-state index in [0.29, 0.717) is 18.4 Å². The number of aryl methyl sites for hydroxylation is 2. The van der Waals surface area contributed by atoms with Crippen LogP contribution in [0, 0.1) is 0 Å². The van der Waals surface area contributed by atoms with E-state index in [9.17, 15) is 18.0 Å². The van der Waals surface area contributed by atoms with E-state index in [-0.39, 0.29) is 17.9 Å². The van der Waals surface area contributed by atoms with Crippen molar-refractivity contribution in [2.45, 2.75) is 26.3 Å². The maximum Gasteiger partial charge on any atom is 0.328 e. The topological polar surface area (TPSA) is 89.0 Å². The average molecular weight is 260 g/mol. The van der Waals surface area contributed by atoms with E-state index in [1.807, 2.05) is 6.92 Å². The molecule has 0 atom stereocenters. The molecule has 0 aliphatic heterocycles. The number of hydrogen-bond acceptors (Lipinski definition) is 4. The Labute approximate surface area is 99.2 Å². The SMILES string of the molecule is CCc1cn(CCCS(C)(=O)=O)c(=O)[nH]c1=O. The van der Waals surface area contributed by atoms with Crippen LogP contribution in [0.2, 0.25) is 0 Å². The zero-order valence-electron chi connectivity index (χ0n) is 9.89. The Morgan fingerprint density at radius 3 is 2.53 bits per heavy atom. The van der Waals surface area contributed by atoms with Crippen LogP contribution in [-0.4, -0.2) is 30.0 Å². The van der Waals surface area contributed by atoms with Gasteiger partial charge in [0.1, 0.15) is 9.84 Å². The van der Waals surface area contributed by atoms with E-state index in [4.69, 9.17) is 0 Å². The van der Waals surface area contributed by atoms with Crippen molar-refractivity contribution in [2.75, 3.05) is 12.0 Å². The fraction of sp³-hybridized carbons (Fsp3) is 0.600. The average Bonchev–Trinajstić information content (AvgIpc) is 2.19. The van der Waals surface area contributed by atoms with Crippen LogP contribution in [-0.2, 0) is 22.8 Å². The van der Waals surface area contributed by atoms with Gasteiger partial charge in [-0.2, -0.15) is 0 Å². The molecule has 0 saturated heterocycles. The van der Waals surface area contributed by atoms with E-state index in [2.05, 4.69) is 4.98 Å². The highest BCUT2D eigenvalue weighted by atomic mass is 32.2. The summed E-state index contributed by atoms with van der Waals surface area (Å²) in [4.78, 5) is 24.9. The van der Waals surface area contributed by atoms with Gasteiger partial charge >= 0.3 is 5.69 Å². The van der Waals surface area contributed by atoms with Crippen molar-refractivity contribution in [3.05, 3.63) is 32.6 Å². The first-order chi connectivity index (χ1) is 7.83. The number of sulfone groups is 1. The molecule has 0 amide bonds. The molecule has 0 saturated carbocycles. The van der Waals surface area contributed by atoms with Gasteiger partial charge in [0.25, 0.3) is 5.56 Å². The number of rotatable bonds is 5. The Kier molecular flexibility index (Phi) is 4.28. The summed E-state index contributed by atoms with van der Waals surface area (Å²) in [5, 5.41) is 0. The second-order valence-corrected chi connectivity index (χ2v) is 6.20. The highest BCUT2D eigenvalue weighted by Crippen LogP contribution is 1.94. The molecule has 0 aliphatic carbocycles. The van der Waals surface area contributed by atoms with Crippen LogP contribution >= 0.6 is 0 Å². The van der Waals surface area contributed by atoms with Crippen molar-refractivity contribution in [3.63, 3.8) is 0 Å². The summed E-state index contributed by atoms with van der Waals surface area (Å²) in [7, 11) is -3.02. The minimum atomic E-state index is -3.02. The van der Waals surface area contributed by atoms with Gasteiger partial charge in [-0.05, 0) is 12.8 Å². The molecular formula is C10H16N2O4S. The summed E-state index contributed by atoms with van der Waals surface area (Å²) in [5.41, 5.74) is -0.360. The van der Waals surface area contributed by atoms with Crippen LogP contribution in [0.25, 0.3) is 0 Å². The van der Waals surface area contributed by atoms with Gasteiger partial charge in [0.2, 0.25) is 0 Å². The third-order valence-corrected chi connectivity index (χ3v) is 3.41. The van der Waals surface area contributed by atoms with Crippen molar-refractivity contribution in [1.29, 1.82) is 0 Å². The van der Waals surface area contributed by atoms with E-state index in [1.165, 1.54) is 10.8 Å². The third-order valence-electron chi connectivity index (χ3n) is 2.38. The Morgan fingerprint density at radius 1 is 1.35 bits per heavy atom. The van der Waals surface area contributed by atoms with Gasteiger partial charge < -0.3 is 4.57 Å². The summed E-state index contributed by atoms with van der Waals surface area (Å²) in [6.45, 7) is 2.10. The summed E-state index contributed by atoms with van der Waals surface area (Å²) in [6.07, 6.45) is 3.53. The predicted octanol–water partition coefficient (Wildman–Crippen LogP) is -0.466. The molecule has 7 heteroatoms. The van der Waals surface area contributed by atoms with E-state index in [1.54, 1.807) is 0 Å². The molecule has 1 N–H and O–H groups in total. The van der Waals surface area contributed by atoms with E-state index in [0.717, 1.165) is 6.26 Å². The molecule has 0 fully saturated rings. The van der Waals surface area contributed by atoms with E-state index < -0.39 is 15.5 Å². The van der Waals surface area contributed by atoms with E-state index >= 15 is 0 Å². The summed E-state index contributed by atoms with van der Waals surface area (Å²) < 4.78 is 23.2. The number of aromatic nitrogens is 2. The van der Waals surface area contributed by atoms with Crippen LogP contribution in [0.1, 0.15) is 18.9 Å². The Morgan fingerprint density at radius 2 is 2.00 bits per heavy atom. The third kappa shape index (κ3) is 4.18. The highest BCUT2D eigenvalue weighted by Gasteiger charge is 2.05. The van der Waals surface area contributed by atoms with Crippen LogP contribution < -0.4 is 11.2 Å². The lowest BCUT2D eigenvalue weighted by Crippen LogP contribution is -2.32. The van der Waals surface area contributed by atoms with Crippen molar-refractivity contribution in [1.82, 2.24) is 9.55 Å². The number of nitrogens with one attached hydrogen (secondary N) is 1. The number of nitrogens with zero attached hydrogens (tertiary/aromatic N) is 1. The second-order valence-electron chi connectivity index (χ2n) is 3.94. The van der Waals surface area contributed by atoms with Gasteiger partial charge in [-0.15, -0.1) is 0 Å². The van der Waals surface area contributed by atoms with Gasteiger partial charge in [0.05, 0.1) is 5.75 Å². The predicted molar refractivity (Wildman–Crippen MR) is 65.0 cm³/mol. The van der Waals surface area contributed by atoms with Crippen molar-refractivity contribution in [3.8, 4) is 0 Å². The molecule has 1 rings (SSSR count). The molecule has 0 aliphatic rings. The highest BCUT2D eigenvalue weighted by molar-refractivity contribution is 7.90. The number of aromatic amines is 1. The fourth-order valence-electron chi connectivity index (χ4n) is 1.47. The molecule has 17 heavy (non-hydrogen) atoms. The summed E-state index contributed by atoms with van der Waals surface area (Å²) in [6, 6.07) is 0. The normalized spacial score (nSPS) is 11.6. The molecule has 96 valence electrons. The summed E-state index contributed by atoms with van der Waals surface area (Å²) >= 11 is 0. The first kappa shape index (κ1) is 13.7. The molecule has 0 aromatic carbocycles. The molecule has 0 radical (unpaired) electrons. The molecule has 1 aromatic heterocycles. The molecule has 1 aromatic rings. The van der Waals surface area contributed by atoms with Gasteiger partial charge in [0, 0.05) is 24.6 Å². The van der Waals surface area contributed by atoms with Crippen LogP contribution in [0.5, 0.6) is 0 Å².